The van der Waals surface area contributed by atoms with Crippen molar-refractivity contribution in [1.29, 1.82) is 0 Å². The maximum Gasteiger partial charge on any atom is 0.203 e. The lowest BCUT2D eigenvalue weighted by Crippen LogP contribution is -2.06. The largest absolute Gasteiger partial charge is 0.252 e. The second kappa shape index (κ2) is 7.42. The Labute approximate surface area is 158 Å². The van der Waals surface area contributed by atoms with Crippen molar-refractivity contribution in [3.8, 4) is 11.3 Å². The van der Waals surface area contributed by atoms with Crippen LogP contribution in [0, 0.1) is 13.8 Å². The van der Waals surface area contributed by atoms with Crippen molar-refractivity contribution < 1.29 is 0 Å². The summed E-state index contributed by atoms with van der Waals surface area (Å²) in [5, 5.41) is 7.66. The van der Waals surface area contributed by atoms with Gasteiger partial charge >= 0.3 is 0 Å². The number of aryl methyl sites for hydroxylation is 3. The highest BCUT2D eigenvalue weighted by Gasteiger charge is 2.15. The summed E-state index contributed by atoms with van der Waals surface area (Å²) in [6, 6.07) is 14.9. The quantitative estimate of drug-likeness (QED) is 0.461. The van der Waals surface area contributed by atoms with E-state index in [1.54, 1.807) is 11.3 Å². The fraction of sp³-hybridized carbons (Fsp3) is 0.273. The summed E-state index contributed by atoms with van der Waals surface area (Å²) in [5.41, 5.74) is 11.9. The maximum absolute atomic E-state index is 4.75. The second-order valence-corrected chi connectivity index (χ2v) is 7.73. The summed E-state index contributed by atoms with van der Waals surface area (Å²) in [6.45, 7) is 4.37. The molecule has 2 aromatic carbocycles. The number of anilines is 1. The van der Waals surface area contributed by atoms with E-state index in [-0.39, 0.29) is 0 Å². The molecule has 0 saturated carbocycles. The van der Waals surface area contributed by atoms with Gasteiger partial charge in [-0.25, -0.2) is 4.98 Å². The number of nitrogens with zero attached hydrogens (tertiary/aromatic N) is 2. The van der Waals surface area contributed by atoms with E-state index in [2.05, 4.69) is 53.9 Å². The zero-order chi connectivity index (χ0) is 17.9. The third kappa shape index (κ3) is 3.56. The van der Waals surface area contributed by atoms with E-state index in [4.69, 9.17) is 5.10 Å². The lowest BCUT2D eigenvalue weighted by molar-refractivity contribution is 0.775. The molecule has 1 N–H and O–H groups in total. The predicted molar refractivity (Wildman–Crippen MR) is 111 cm³/mol. The molecule has 0 spiro atoms. The summed E-state index contributed by atoms with van der Waals surface area (Å²) < 4.78 is 0. The molecule has 1 aromatic heterocycles. The highest BCUT2D eigenvalue weighted by Crippen LogP contribution is 2.27. The Kier molecular flexibility index (Phi) is 4.85. The minimum absolute atomic E-state index is 0.839. The van der Waals surface area contributed by atoms with Crippen molar-refractivity contribution in [2.75, 3.05) is 5.43 Å². The van der Waals surface area contributed by atoms with E-state index in [1.807, 2.05) is 18.2 Å². The molecule has 0 bridgehead atoms. The lowest BCUT2D eigenvalue weighted by Gasteiger charge is -2.11. The molecule has 0 amide bonds. The van der Waals surface area contributed by atoms with Crippen molar-refractivity contribution >= 4 is 22.2 Å². The van der Waals surface area contributed by atoms with Gasteiger partial charge in [-0.2, -0.15) is 5.10 Å². The van der Waals surface area contributed by atoms with E-state index >= 15 is 0 Å². The van der Waals surface area contributed by atoms with Crippen molar-refractivity contribution in [3.05, 3.63) is 70.1 Å². The van der Waals surface area contributed by atoms with Crippen LogP contribution in [-0.4, -0.2) is 10.7 Å². The average Bonchev–Trinajstić information content (AvgIpc) is 3.05. The monoisotopic (exact) mass is 361 g/mol. The predicted octanol–water partition coefficient (Wildman–Crippen LogP) is 5.97. The highest BCUT2D eigenvalue weighted by atomic mass is 32.1. The Hall–Kier alpha value is -2.46. The number of hydrogen-bond acceptors (Lipinski definition) is 4. The summed E-state index contributed by atoms with van der Waals surface area (Å²) >= 11 is 1.60. The fourth-order valence-electron chi connectivity index (χ4n) is 3.39. The van der Waals surface area contributed by atoms with Gasteiger partial charge in [0.1, 0.15) is 0 Å². The lowest BCUT2D eigenvalue weighted by atomic mass is 9.96. The van der Waals surface area contributed by atoms with Crippen molar-refractivity contribution in [1.82, 2.24) is 4.98 Å². The first-order valence-corrected chi connectivity index (χ1v) is 10.0. The van der Waals surface area contributed by atoms with Gasteiger partial charge in [0, 0.05) is 16.5 Å². The van der Waals surface area contributed by atoms with Gasteiger partial charge in [-0.1, -0.05) is 36.4 Å². The van der Waals surface area contributed by atoms with Gasteiger partial charge in [0.25, 0.3) is 0 Å². The Morgan fingerprint density at radius 2 is 1.77 bits per heavy atom. The number of thiazole rings is 1. The van der Waals surface area contributed by atoms with E-state index in [0.717, 1.165) is 34.9 Å². The summed E-state index contributed by atoms with van der Waals surface area (Å²) in [7, 11) is 0. The molecule has 0 saturated heterocycles. The molecule has 3 aromatic rings. The Morgan fingerprint density at radius 1 is 1.00 bits per heavy atom. The summed E-state index contributed by atoms with van der Waals surface area (Å²) in [5.74, 6) is 0. The number of benzene rings is 2. The van der Waals surface area contributed by atoms with E-state index in [0.29, 0.717) is 0 Å². The van der Waals surface area contributed by atoms with Crippen LogP contribution in [0.3, 0.4) is 0 Å². The zero-order valence-electron chi connectivity index (χ0n) is 15.2. The van der Waals surface area contributed by atoms with Gasteiger partial charge in [0.05, 0.1) is 11.4 Å². The number of hydrazone groups is 1. The van der Waals surface area contributed by atoms with E-state index < -0.39 is 0 Å². The van der Waals surface area contributed by atoms with Crippen LogP contribution in [-0.2, 0) is 6.42 Å². The van der Waals surface area contributed by atoms with Crippen LogP contribution in [0.4, 0.5) is 5.13 Å². The van der Waals surface area contributed by atoms with Crippen molar-refractivity contribution in [3.63, 3.8) is 0 Å². The maximum atomic E-state index is 4.75. The topological polar surface area (TPSA) is 37.3 Å². The van der Waals surface area contributed by atoms with Crippen LogP contribution in [0.5, 0.6) is 0 Å². The SMILES string of the molecule is Cc1cc2c(cc1C)/C(=N/Nc1nc(-c3ccccc3)cs1)CCCC2. The Balaban J connectivity index is 1.60. The minimum Gasteiger partial charge on any atom is -0.252 e. The van der Waals surface area contributed by atoms with Crippen LogP contribution in [0.25, 0.3) is 11.3 Å². The molecule has 1 aliphatic carbocycles. The molecule has 1 heterocycles. The van der Waals surface area contributed by atoms with Crippen LogP contribution >= 0.6 is 11.3 Å². The van der Waals surface area contributed by atoms with E-state index in [1.165, 1.54) is 35.1 Å². The second-order valence-electron chi connectivity index (χ2n) is 6.87. The highest BCUT2D eigenvalue weighted by molar-refractivity contribution is 7.14. The molecule has 0 unspecified atom stereocenters. The van der Waals surface area contributed by atoms with Crippen molar-refractivity contribution in [2.45, 2.75) is 39.5 Å². The normalized spacial score (nSPS) is 15.5. The smallest absolute Gasteiger partial charge is 0.203 e. The molecule has 0 atom stereocenters. The van der Waals surface area contributed by atoms with Gasteiger partial charge in [-0.15, -0.1) is 11.3 Å². The van der Waals surface area contributed by atoms with Gasteiger partial charge < -0.3 is 0 Å². The first-order valence-electron chi connectivity index (χ1n) is 9.15. The molecule has 132 valence electrons. The molecule has 1 aliphatic rings. The molecule has 3 nitrogen and oxygen atoms in total. The Morgan fingerprint density at radius 3 is 2.62 bits per heavy atom. The first kappa shape index (κ1) is 17.0. The van der Waals surface area contributed by atoms with Gasteiger partial charge in [-0.3, -0.25) is 5.43 Å². The summed E-state index contributed by atoms with van der Waals surface area (Å²) in [6.07, 6.45) is 4.56. The first-order chi connectivity index (χ1) is 12.7. The number of rotatable bonds is 3. The van der Waals surface area contributed by atoms with Crippen LogP contribution in [0.15, 0.2) is 52.9 Å². The van der Waals surface area contributed by atoms with Gasteiger partial charge in [0.2, 0.25) is 5.13 Å². The number of fused-ring (bicyclic) bond motifs is 1. The van der Waals surface area contributed by atoms with Crippen LogP contribution in [0.1, 0.15) is 41.5 Å². The fourth-order valence-corrected chi connectivity index (χ4v) is 4.05. The van der Waals surface area contributed by atoms with Crippen molar-refractivity contribution in [2.24, 2.45) is 5.10 Å². The number of hydrogen-bond donors (Lipinski definition) is 1. The molecule has 0 fully saturated rings. The van der Waals surface area contributed by atoms with E-state index in [9.17, 15) is 0 Å². The molecule has 4 heteroatoms. The molecule has 0 aliphatic heterocycles. The van der Waals surface area contributed by atoms with Gasteiger partial charge in [0.15, 0.2) is 0 Å². The molecule has 26 heavy (non-hydrogen) atoms. The molecule has 0 radical (unpaired) electrons. The van der Waals surface area contributed by atoms with Gasteiger partial charge in [-0.05, 0) is 62.3 Å². The number of aromatic nitrogens is 1. The third-order valence-electron chi connectivity index (χ3n) is 5.00. The number of nitrogens with one attached hydrogen (secondary N) is 1. The molecular weight excluding hydrogens is 338 g/mol. The van der Waals surface area contributed by atoms with Crippen LogP contribution < -0.4 is 5.43 Å². The third-order valence-corrected chi connectivity index (χ3v) is 5.75. The standard InChI is InChI=1S/C22H23N3S/c1-15-12-18-10-6-7-11-20(19(18)13-16(15)2)24-25-22-23-21(14-26-22)17-8-4-3-5-9-17/h3-5,8-9,12-14H,6-7,10-11H2,1-2H3,(H,23,25)/b24-20+. The zero-order valence-corrected chi connectivity index (χ0v) is 16.1. The Bertz CT molecular complexity index is 941. The van der Waals surface area contributed by atoms with Crippen LogP contribution in [0.2, 0.25) is 0 Å². The average molecular weight is 362 g/mol. The molecule has 4 rings (SSSR count). The minimum atomic E-state index is 0.839. The summed E-state index contributed by atoms with van der Waals surface area (Å²) in [4.78, 5) is 4.68. The molecular formula is C22H23N3S.